The van der Waals surface area contributed by atoms with Crippen molar-refractivity contribution in [3.63, 3.8) is 0 Å². The number of aromatic nitrogens is 1. The number of fused-ring (bicyclic) bond motifs is 1. The van der Waals surface area contributed by atoms with Crippen LogP contribution in [0, 0.1) is 0 Å². The monoisotopic (exact) mass is 468 g/mol. The number of benzene rings is 1. The molecule has 3 aromatic rings. The molecule has 1 aliphatic rings. The molecule has 0 radical (unpaired) electrons. The van der Waals surface area contributed by atoms with Crippen LogP contribution < -0.4 is 14.9 Å². The number of ether oxygens (including phenoxy) is 2. The maximum atomic E-state index is 13.4. The summed E-state index contributed by atoms with van der Waals surface area (Å²) >= 11 is 2.73. The van der Waals surface area contributed by atoms with Gasteiger partial charge in [0.05, 0.1) is 35.1 Å². The molecule has 7 nitrogen and oxygen atoms in total. The Hall–Kier alpha value is -3.30. The van der Waals surface area contributed by atoms with Gasteiger partial charge in [0.15, 0.2) is 4.80 Å². The molecule has 4 rings (SSSR count). The highest BCUT2D eigenvalue weighted by molar-refractivity contribution is 7.10. The minimum Gasteiger partial charge on any atom is -0.465 e. The van der Waals surface area contributed by atoms with E-state index >= 15 is 0 Å². The van der Waals surface area contributed by atoms with Gasteiger partial charge in [-0.05, 0) is 49.1 Å². The van der Waals surface area contributed by atoms with E-state index < -0.39 is 18.0 Å². The van der Waals surface area contributed by atoms with Crippen molar-refractivity contribution in [1.29, 1.82) is 0 Å². The third-order valence-electron chi connectivity index (χ3n) is 4.96. The van der Waals surface area contributed by atoms with Gasteiger partial charge in [-0.15, -0.1) is 11.3 Å². The quantitative estimate of drug-likeness (QED) is 0.538. The number of rotatable bonds is 5. The zero-order valence-corrected chi connectivity index (χ0v) is 19.3. The number of thiazole rings is 1. The summed E-state index contributed by atoms with van der Waals surface area (Å²) in [4.78, 5) is 43.7. The van der Waals surface area contributed by atoms with Gasteiger partial charge in [0.2, 0.25) is 0 Å². The highest BCUT2D eigenvalue weighted by atomic mass is 32.1. The molecule has 164 valence electrons. The highest BCUT2D eigenvalue weighted by Crippen LogP contribution is 2.33. The second-order valence-electron chi connectivity index (χ2n) is 6.93. The molecule has 3 heterocycles. The Morgan fingerprint density at radius 1 is 1.19 bits per heavy atom. The molecule has 0 saturated heterocycles. The Kier molecular flexibility index (Phi) is 6.20. The highest BCUT2D eigenvalue weighted by Gasteiger charge is 2.33. The first-order valence-corrected chi connectivity index (χ1v) is 11.6. The van der Waals surface area contributed by atoms with Crippen molar-refractivity contribution in [2.75, 3.05) is 13.7 Å². The lowest BCUT2D eigenvalue weighted by Gasteiger charge is -2.23. The second-order valence-corrected chi connectivity index (χ2v) is 8.92. The van der Waals surface area contributed by atoms with E-state index in [9.17, 15) is 14.4 Å². The molecule has 0 amide bonds. The zero-order chi connectivity index (χ0) is 22.8. The molecule has 1 aromatic carbocycles. The number of esters is 2. The standard InChI is InChI=1S/C23H20N2O5S2/c1-4-30-22(28)18-13(2)24-23-25(19(18)16-6-5-11-31-16)20(26)17(32-23)12-14-7-9-15(10-8-14)21(27)29-3/h5-12,19H,4H2,1-3H3/b17-12+. The minimum absolute atomic E-state index is 0.235. The van der Waals surface area contributed by atoms with Crippen LogP contribution in [0.3, 0.4) is 0 Å². The molecule has 1 unspecified atom stereocenters. The number of nitrogens with zero attached hydrogens (tertiary/aromatic N) is 2. The van der Waals surface area contributed by atoms with Crippen LogP contribution >= 0.6 is 22.7 Å². The van der Waals surface area contributed by atoms with E-state index in [4.69, 9.17) is 9.47 Å². The zero-order valence-electron chi connectivity index (χ0n) is 17.7. The SMILES string of the molecule is CCOC(=O)C1=C(C)N=c2s/c(=C/c3ccc(C(=O)OC)cc3)c(=O)n2C1c1cccs1. The average Bonchev–Trinajstić information content (AvgIpc) is 3.42. The minimum atomic E-state index is -0.589. The van der Waals surface area contributed by atoms with E-state index in [0.29, 0.717) is 26.2 Å². The normalized spacial score (nSPS) is 15.8. The summed E-state index contributed by atoms with van der Waals surface area (Å²) in [5.41, 5.74) is 1.86. The Bertz CT molecular complexity index is 1380. The van der Waals surface area contributed by atoms with Crippen LogP contribution in [0.1, 0.15) is 40.7 Å². The molecule has 0 bridgehead atoms. The van der Waals surface area contributed by atoms with E-state index in [2.05, 4.69) is 4.99 Å². The first-order chi connectivity index (χ1) is 15.4. The Morgan fingerprint density at radius 2 is 1.94 bits per heavy atom. The Morgan fingerprint density at radius 3 is 2.56 bits per heavy atom. The van der Waals surface area contributed by atoms with Gasteiger partial charge >= 0.3 is 11.9 Å². The van der Waals surface area contributed by atoms with Gasteiger partial charge in [-0.1, -0.05) is 29.5 Å². The topological polar surface area (TPSA) is 87.0 Å². The lowest BCUT2D eigenvalue weighted by Crippen LogP contribution is -2.39. The fourth-order valence-electron chi connectivity index (χ4n) is 3.49. The van der Waals surface area contributed by atoms with Gasteiger partial charge < -0.3 is 9.47 Å². The molecular weight excluding hydrogens is 448 g/mol. The Labute approximate surface area is 191 Å². The van der Waals surface area contributed by atoms with Gasteiger partial charge in [-0.25, -0.2) is 14.6 Å². The van der Waals surface area contributed by atoms with Crippen molar-refractivity contribution in [3.05, 3.63) is 88.7 Å². The van der Waals surface area contributed by atoms with E-state index in [1.54, 1.807) is 48.8 Å². The second kappa shape index (κ2) is 9.05. The van der Waals surface area contributed by atoms with Crippen LogP contribution in [0.2, 0.25) is 0 Å². The summed E-state index contributed by atoms with van der Waals surface area (Å²) in [6.45, 7) is 3.74. The third-order valence-corrected chi connectivity index (χ3v) is 6.87. The smallest absolute Gasteiger partial charge is 0.338 e. The molecule has 1 atom stereocenters. The number of hydrogen-bond donors (Lipinski definition) is 0. The molecule has 1 aliphatic heterocycles. The maximum absolute atomic E-state index is 13.4. The molecule has 0 fully saturated rings. The van der Waals surface area contributed by atoms with E-state index in [-0.39, 0.29) is 12.2 Å². The number of thiophene rings is 1. The number of hydrogen-bond acceptors (Lipinski definition) is 8. The van der Waals surface area contributed by atoms with Crippen LogP contribution in [-0.4, -0.2) is 30.2 Å². The molecule has 0 N–H and O–H groups in total. The van der Waals surface area contributed by atoms with Gasteiger partial charge in [-0.2, -0.15) is 0 Å². The van der Waals surface area contributed by atoms with Crippen molar-refractivity contribution in [2.24, 2.45) is 4.99 Å². The molecule has 32 heavy (non-hydrogen) atoms. The lowest BCUT2D eigenvalue weighted by molar-refractivity contribution is -0.139. The molecule has 9 heteroatoms. The summed E-state index contributed by atoms with van der Waals surface area (Å²) in [6.07, 6.45) is 1.75. The van der Waals surface area contributed by atoms with Crippen molar-refractivity contribution < 1.29 is 19.1 Å². The third kappa shape index (κ3) is 3.96. The summed E-state index contributed by atoms with van der Waals surface area (Å²) in [7, 11) is 1.33. The largest absolute Gasteiger partial charge is 0.465 e. The predicted octanol–water partition coefficient (Wildman–Crippen LogP) is 2.65. The summed E-state index contributed by atoms with van der Waals surface area (Å²) in [5, 5.41) is 1.91. The van der Waals surface area contributed by atoms with Gasteiger partial charge in [0.25, 0.3) is 5.56 Å². The molecule has 2 aromatic heterocycles. The number of methoxy groups -OCH3 is 1. The van der Waals surface area contributed by atoms with Crippen LogP contribution in [0.25, 0.3) is 6.08 Å². The first-order valence-electron chi connectivity index (χ1n) is 9.86. The summed E-state index contributed by atoms with van der Waals surface area (Å²) < 4.78 is 12.0. The number of carbonyl (C=O) groups is 2. The molecule has 0 aliphatic carbocycles. The number of carbonyl (C=O) groups excluding carboxylic acids is 2. The van der Waals surface area contributed by atoms with Gasteiger partial charge in [0, 0.05) is 4.88 Å². The van der Waals surface area contributed by atoms with E-state index in [0.717, 1.165) is 10.4 Å². The fourth-order valence-corrected chi connectivity index (χ4v) is 5.36. The molecular formula is C23H20N2O5S2. The van der Waals surface area contributed by atoms with Crippen molar-refractivity contribution in [1.82, 2.24) is 4.57 Å². The van der Waals surface area contributed by atoms with E-state index in [1.165, 1.54) is 29.8 Å². The van der Waals surface area contributed by atoms with Crippen LogP contribution in [0.4, 0.5) is 0 Å². The van der Waals surface area contributed by atoms with Crippen LogP contribution in [0.15, 0.2) is 62.8 Å². The predicted molar refractivity (Wildman–Crippen MR) is 122 cm³/mol. The van der Waals surface area contributed by atoms with Gasteiger partial charge in [-0.3, -0.25) is 9.36 Å². The van der Waals surface area contributed by atoms with Crippen molar-refractivity contribution in [2.45, 2.75) is 19.9 Å². The van der Waals surface area contributed by atoms with Crippen LogP contribution in [-0.2, 0) is 14.3 Å². The molecule has 0 spiro atoms. The molecule has 0 saturated carbocycles. The maximum Gasteiger partial charge on any atom is 0.338 e. The lowest BCUT2D eigenvalue weighted by atomic mass is 10.0. The first kappa shape index (κ1) is 21.9. The summed E-state index contributed by atoms with van der Waals surface area (Å²) in [6, 6.07) is 9.98. The van der Waals surface area contributed by atoms with E-state index in [1.807, 2.05) is 17.5 Å². The summed E-state index contributed by atoms with van der Waals surface area (Å²) in [5.74, 6) is -0.895. The van der Waals surface area contributed by atoms with Crippen LogP contribution in [0.5, 0.6) is 0 Å². The Balaban J connectivity index is 1.85. The number of allylic oxidation sites excluding steroid dienone is 1. The van der Waals surface area contributed by atoms with Crippen molar-refractivity contribution in [3.8, 4) is 0 Å². The van der Waals surface area contributed by atoms with Gasteiger partial charge in [0.1, 0.15) is 6.04 Å². The average molecular weight is 469 g/mol. The fraction of sp³-hybridized carbons (Fsp3) is 0.217. The van der Waals surface area contributed by atoms with Crippen molar-refractivity contribution >= 4 is 40.7 Å².